The number of nitrogens with one attached hydrogen (secondary N) is 1. The summed E-state index contributed by atoms with van der Waals surface area (Å²) < 4.78 is 11.0. The first kappa shape index (κ1) is 17.6. The van der Waals surface area contributed by atoms with Gasteiger partial charge in [-0.2, -0.15) is 0 Å². The van der Waals surface area contributed by atoms with Crippen LogP contribution in [0.4, 0.5) is 4.79 Å². The van der Waals surface area contributed by atoms with Gasteiger partial charge in [0.2, 0.25) is 0 Å². The van der Waals surface area contributed by atoms with Crippen molar-refractivity contribution in [3.8, 4) is 5.75 Å². The molecular formula is C19H25N3O3. The fourth-order valence-corrected chi connectivity index (χ4v) is 3.01. The summed E-state index contributed by atoms with van der Waals surface area (Å²) >= 11 is 0. The van der Waals surface area contributed by atoms with E-state index in [2.05, 4.69) is 37.1 Å². The molecule has 6 heteroatoms. The zero-order valence-electron chi connectivity index (χ0n) is 15.0. The number of carbonyl (C=O) groups excluding carboxylic acids is 1. The SMILES string of the molecule is CC(C)NC(C)c1cc(OC(=O)N2CCOCC2)c2ncccc2c1. The van der Waals surface area contributed by atoms with E-state index in [4.69, 9.17) is 9.47 Å². The predicted molar refractivity (Wildman–Crippen MR) is 96.8 cm³/mol. The zero-order valence-corrected chi connectivity index (χ0v) is 15.0. The highest BCUT2D eigenvalue weighted by molar-refractivity contribution is 5.87. The van der Waals surface area contributed by atoms with Crippen LogP contribution in [0.3, 0.4) is 0 Å². The van der Waals surface area contributed by atoms with Crippen molar-refractivity contribution in [3.05, 3.63) is 36.0 Å². The molecule has 1 fully saturated rings. The average molecular weight is 343 g/mol. The Morgan fingerprint density at radius 3 is 2.76 bits per heavy atom. The van der Waals surface area contributed by atoms with Crippen LogP contribution in [0.1, 0.15) is 32.4 Å². The molecule has 1 atom stereocenters. The van der Waals surface area contributed by atoms with Crippen molar-refractivity contribution < 1.29 is 14.3 Å². The number of amides is 1. The molecule has 0 saturated carbocycles. The van der Waals surface area contributed by atoms with Crippen LogP contribution in [0.2, 0.25) is 0 Å². The molecule has 1 aliphatic rings. The minimum absolute atomic E-state index is 0.144. The summed E-state index contributed by atoms with van der Waals surface area (Å²) in [5, 5.41) is 4.44. The second-order valence-electron chi connectivity index (χ2n) is 6.60. The number of benzene rings is 1. The fraction of sp³-hybridized carbons (Fsp3) is 0.474. The van der Waals surface area contributed by atoms with E-state index < -0.39 is 0 Å². The summed E-state index contributed by atoms with van der Waals surface area (Å²) in [4.78, 5) is 18.5. The van der Waals surface area contributed by atoms with Crippen molar-refractivity contribution in [3.63, 3.8) is 0 Å². The first-order valence-electron chi connectivity index (χ1n) is 8.74. The lowest BCUT2D eigenvalue weighted by Gasteiger charge is -2.26. The first-order valence-corrected chi connectivity index (χ1v) is 8.74. The highest BCUT2D eigenvalue weighted by atomic mass is 16.6. The van der Waals surface area contributed by atoms with E-state index in [0.29, 0.717) is 43.6 Å². The van der Waals surface area contributed by atoms with Crippen LogP contribution >= 0.6 is 0 Å². The Morgan fingerprint density at radius 2 is 2.04 bits per heavy atom. The first-order chi connectivity index (χ1) is 12.0. The molecule has 1 amide bonds. The number of morpholine rings is 1. The summed E-state index contributed by atoms with van der Waals surface area (Å²) in [6.45, 7) is 8.51. The summed E-state index contributed by atoms with van der Waals surface area (Å²) in [6, 6.07) is 8.38. The quantitative estimate of drug-likeness (QED) is 0.924. The van der Waals surface area contributed by atoms with Gasteiger partial charge in [0.25, 0.3) is 0 Å². The summed E-state index contributed by atoms with van der Waals surface area (Å²) in [7, 11) is 0. The molecule has 0 radical (unpaired) electrons. The zero-order chi connectivity index (χ0) is 17.8. The summed E-state index contributed by atoms with van der Waals surface area (Å²) in [5.41, 5.74) is 1.77. The van der Waals surface area contributed by atoms with E-state index in [1.807, 2.05) is 18.2 Å². The molecule has 134 valence electrons. The van der Waals surface area contributed by atoms with Gasteiger partial charge in [-0.25, -0.2) is 4.79 Å². The van der Waals surface area contributed by atoms with Crippen molar-refractivity contribution in [2.75, 3.05) is 26.3 Å². The molecule has 1 aromatic carbocycles. The van der Waals surface area contributed by atoms with Crippen molar-refractivity contribution in [2.45, 2.75) is 32.9 Å². The van der Waals surface area contributed by atoms with Crippen molar-refractivity contribution >= 4 is 17.0 Å². The molecule has 3 rings (SSSR count). The molecule has 2 aromatic rings. The number of aromatic nitrogens is 1. The lowest BCUT2D eigenvalue weighted by atomic mass is 10.0. The molecule has 0 bridgehead atoms. The van der Waals surface area contributed by atoms with Crippen molar-refractivity contribution in [2.24, 2.45) is 0 Å². The van der Waals surface area contributed by atoms with Gasteiger partial charge in [-0.3, -0.25) is 4.98 Å². The van der Waals surface area contributed by atoms with Crippen LogP contribution in [-0.4, -0.2) is 48.3 Å². The van der Waals surface area contributed by atoms with Gasteiger partial charge in [0.1, 0.15) is 5.52 Å². The van der Waals surface area contributed by atoms with Crippen molar-refractivity contribution in [1.82, 2.24) is 15.2 Å². The maximum atomic E-state index is 12.5. The van der Waals surface area contributed by atoms with Gasteiger partial charge in [-0.15, -0.1) is 0 Å². The smallest absolute Gasteiger partial charge is 0.408 e. The Balaban J connectivity index is 1.90. The highest BCUT2D eigenvalue weighted by Gasteiger charge is 2.21. The van der Waals surface area contributed by atoms with Crippen LogP contribution in [0, 0.1) is 0 Å². The Kier molecular flexibility index (Phi) is 5.50. The maximum Gasteiger partial charge on any atom is 0.415 e. The lowest BCUT2D eigenvalue weighted by molar-refractivity contribution is 0.0417. The Hall–Kier alpha value is -2.18. The van der Waals surface area contributed by atoms with Crippen LogP contribution in [-0.2, 0) is 4.74 Å². The van der Waals surface area contributed by atoms with Gasteiger partial charge < -0.3 is 19.7 Å². The normalized spacial score (nSPS) is 16.2. The van der Waals surface area contributed by atoms with Gasteiger partial charge in [0, 0.05) is 36.8 Å². The number of rotatable bonds is 4. The minimum atomic E-state index is -0.350. The topological polar surface area (TPSA) is 63.7 Å². The third-order valence-corrected chi connectivity index (χ3v) is 4.24. The molecule has 1 aromatic heterocycles. The molecule has 1 aliphatic heterocycles. The molecule has 25 heavy (non-hydrogen) atoms. The summed E-state index contributed by atoms with van der Waals surface area (Å²) in [6.07, 6.45) is 1.36. The number of fused-ring (bicyclic) bond motifs is 1. The second kappa shape index (κ2) is 7.80. The molecule has 1 N–H and O–H groups in total. The fourth-order valence-electron chi connectivity index (χ4n) is 3.01. The second-order valence-corrected chi connectivity index (χ2v) is 6.60. The van der Waals surface area contributed by atoms with E-state index >= 15 is 0 Å². The van der Waals surface area contributed by atoms with E-state index in [0.717, 1.165) is 10.9 Å². The van der Waals surface area contributed by atoms with E-state index in [9.17, 15) is 4.79 Å². The number of pyridine rings is 1. The lowest BCUT2D eigenvalue weighted by Crippen LogP contribution is -2.42. The molecule has 1 unspecified atom stereocenters. The van der Waals surface area contributed by atoms with Crippen molar-refractivity contribution in [1.29, 1.82) is 0 Å². The number of ether oxygens (including phenoxy) is 2. The summed E-state index contributed by atoms with van der Waals surface area (Å²) in [5.74, 6) is 0.502. The number of hydrogen-bond acceptors (Lipinski definition) is 5. The van der Waals surface area contributed by atoms with Crippen LogP contribution in [0.15, 0.2) is 30.5 Å². The van der Waals surface area contributed by atoms with Gasteiger partial charge in [-0.05, 0) is 30.7 Å². The monoisotopic (exact) mass is 343 g/mol. The Morgan fingerprint density at radius 1 is 1.28 bits per heavy atom. The number of nitrogens with zero attached hydrogens (tertiary/aromatic N) is 2. The molecule has 1 saturated heterocycles. The highest BCUT2D eigenvalue weighted by Crippen LogP contribution is 2.29. The number of carbonyl (C=O) groups is 1. The van der Waals surface area contributed by atoms with Crippen LogP contribution < -0.4 is 10.1 Å². The molecular weight excluding hydrogens is 318 g/mol. The Bertz CT molecular complexity index is 742. The van der Waals surface area contributed by atoms with E-state index in [-0.39, 0.29) is 12.1 Å². The standard InChI is InChI=1S/C19H25N3O3/c1-13(2)21-14(3)16-11-15-5-4-6-20-18(15)17(12-16)25-19(23)22-7-9-24-10-8-22/h4-6,11-14,21H,7-10H2,1-3H3. The van der Waals surface area contributed by atoms with E-state index in [1.54, 1.807) is 11.1 Å². The van der Waals surface area contributed by atoms with Gasteiger partial charge in [0.15, 0.2) is 5.75 Å². The van der Waals surface area contributed by atoms with Gasteiger partial charge >= 0.3 is 6.09 Å². The molecule has 0 aliphatic carbocycles. The van der Waals surface area contributed by atoms with Gasteiger partial charge in [-0.1, -0.05) is 19.9 Å². The third kappa shape index (κ3) is 4.27. The third-order valence-electron chi connectivity index (χ3n) is 4.24. The minimum Gasteiger partial charge on any atom is -0.408 e. The van der Waals surface area contributed by atoms with Crippen LogP contribution in [0.25, 0.3) is 10.9 Å². The molecule has 2 heterocycles. The Labute approximate surface area is 148 Å². The number of hydrogen-bond donors (Lipinski definition) is 1. The van der Waals surface area contributed by atoms with Gasteiger partial charge in [0.05, 0.1) is 13.2 Å². The maximum absolute atomic E-state index is 12.5. The average Bonchev–Trinajstić information content (AvgIpc) is 2.61. The molecule has 0 spiro atoms. The predicted octanol–water partition coefficient (Wildman–Crippen LogP) is 3.12. The molecule has 6 nitrogen and oxygen atoms in total. The largest absolute Gasteiger partial charge is 0.415 e. The van der Waals surface area contributed by atoms with Crippen LogP contribution in [0.5, 0.6) is 5.75 Å². The van der Waals surface area contributed by atoms with E-state index in [1.165, 1.54) is 0 Å².